The van der Waals surface area contributed by atoms with E-state index >= 15 is 0 Å². The van der Waals surface area contributed by atoms with Crippen molar-refractivity contribution in [1.29, 1.82) is 0 Å². The summed E-state index contributed by atoms with van der Waals surface area (Å²) in [6.07, 6.45) is 3.88. The van der Waals surface area contributed by atoms with E-state index in [-0.39, 0.29) is 5.41 Å². The number of aryl methyl sites for hydroxylation is 1. The minimum atomic E-state index is 0.201. The maximum absolute atomic E-state index is 5.93. The number of hydrogen-bond donors (Lipinski definition) is 2. The predicted octanol–water partition coefficient (Wildman–Crippen LogP) is 3.83. The first kappa shape index (κ1) is 14.4. The number of benzene rings is 1. The third-order valence-corrected chi connectivity index (χ3v) is 4.60. The van der Waals surface area contributed by atoms with Crippen LogP contribution in [-0.2, 0) is 5.41 Å². The number of nitrogens with one attached hydrogen (secondary N) is 1. The summed E-state index contributed by atoms with van der Waals surface area (Å²) in [5, 5.41) is 3.64. The molecule has 106 valence electrons. The molecule has 1 aromatic rings. The van der Waals surface area contributed by atoms with Gasteiger partial charge in [-0.25, -0.2) is 0 Å². The molecule has 0 spiro atoms. The van der Waals surface area contributed by atoms with Gasteiger partial charge in [0.1, 0.15) is 0 Å². The van der Waals surface area contributed by atoms with Crippen molar-refractivity contribution >= 4 is 5.69 Å². The molecule has 0 radical (unpaired) electrons. The standard InChI is InChI=1S/C17H28N2/c1-13-6-7-14(16(2,3)4)10-15(13)19-12-17(11-18)8-5-9-17/h6-7,10,19H,5,8-9,11-12,18H2,1-4H3. The first-order chi connectivity index (χ1) is 8.86. The van der Waals surface area contributed by atoms with Gasteiger partial charge in [0.15, 0.2) is 0 Å². The SMILES string of the molecule is Cc1ccc(C(C)(C)C)cc1NCC1(CN)CCC1. The number of anilines is 1. The number of hydrogen-bond acceptors (Lipinski definition) is 2. The Bertz CT molecular complexity index is 434. The van der Waals surface area contributed by atoms with Crippen LogP contribution in [0.25, 0.3) is 0 Å². The van der Waals surface area contributed by atoms with Gasteiger partial charge in [-0.15, -0.1) is 0 Å². The summed E-state index contributed by atoms with van der Waals surface area (Å²) in [4.78, 5) is 0. The Morgan fingerprint density at radius 2 is 1.95 bits per heavy atom. The van der Waals surface area contributed by atoms with Gasteiger partial charge in [-0.1, -0.05) is 39.3 Å². The molecule has 0 saturated heterocycles. The van der Waals surface area contributed by atoms with Crippen LogP contribution in [0.2, 0.25) is 0 Å². The molecular formula is C17H28N2. The molecule has 2 nitrogen and oxygen atoms in total. The maximum Gasteiger partial charge on any atom is 0.0373 e. The van der Waals surface area contributed by atoms with Crippen molar-refractivity contribution in [2.45, 2.75) is 52.4 Å². The van der Waals surface area contributed by atoms with Crippen LogP contribution in [0.3, 0.4) is 0 Å². The van der Waals surface area contributed by atoms with Gasteiger partial charge in [0, 0.05) is 12.2 Å². The molecule has 0 amide bonds. The Morgan fingerprint density at radius 3 is 2.42 bits per heavy atom. The van der Waals surface area contributed by atoms with Crippen LogP contribution in [-0.4, -0.2) is 13.1 Å². The summed E-state index contributed by atoms with van der Waals surface area (Å²) >= 11 is 0. The van der Waals surface area contributed by atoms with Crippen LogP contribution >= 0.6 is 0 Å². The van der Waals surface area contributed by atoms with E-state index in [0.717, 1.165) is 13.1 Å². The number of rotatable bonds is 4. The second kappa shape index (κ2) is 5.16. The highest BCUT2D eigenvalue weighted by Gasteiger charge is 2.35. The highest BCUT2D eigenvalue weighted by atomic mass is 14.9. The average molecular weight is 260 g/mol. The smallest absolute Gasteiger partial charge is 0.0373 e. The molecule has 0 atom stereocenters. The van der Waals surface area contributed by atoms with E-state index in [2.05, 4.69) is 51.2 Å². The summed E-state index contributed by atoms with van der Waals surface area (Å²) in [6.45, 7) is 10.8. The van der Waals surface area contributed by atoms with E-state index in [1.807, 2.05) is 0 Å². The Morgan fingerprint density at radius 1 is 1.26 bits per heavy atom. The summed E-state index contributed by atoms with van der Waals surface area (Å²) in [5.41, 5.74) is 10.5. The van der Waals surface area contributed by atoms with Gasteiger partial charge in [-0.3, -0.25) is 0 Å². The lowest BCUT2D eigenvalue weighted by molar-refractivity contribution is 0.163. The second-order valence-electron chi connectivity index (χ2n) is 7.19. The van der Waals surface area contributed by atoms with Crippen molar-refractivity contribution in [2.75, 3.05) is 18.4 Å². The van der Waals surface area contributed by atoms with Gasteiger partial charge in [0.05, 0.1) is 0 Å². The Labute approximate surface area is 117 Å². The van der Waals surface area contributed by atoms with Gasteiger partial charge in [-0.2, -0.15) is 0 Å². The topological polar surface area (TPSA) is 38.0 Å². The summed E-state index contributed by atoms with van der Waals surface area (Å²) < 4.78 is 0. The lowest BCUT2D eigenvalue weighted by Gasteiger charge is -2.41. The first-order valence-corrected chi connectivity index (χ1v) is 7.41. The van der Waals surface area contributed by atoms with Crippen molar-refractivity contribution in [3.8, 4) is 0 Å². The van der Waals surface area contributed by atoms with Crippen LogP contribution in [0.4, 0.5) is 5.69 Å². The fourth-order valence-electron chi connectivity index (χ4n) is 2.69. The molecule has 1 aliphatic rings. The average Bonchev–Trinajstić information content (AvgIpc) is 2.29. The minimum absolute atomic E-state index is 0.201. The third kappa shape index (κ3) is 3.11. The van der Waals surface area contributed by atoms with E-state index in [9.17, 15) is 0 Å². The Kier molecular flexibility index (Phi) is 3.91. The van der Waals surface area contributed by atoms with Crippen LogP contribution in [0, 0.1) is 12.3 Å². The van der Waals surface area contributed by atoms with Crippen LogP contribution in [0.15, 0.2) is 18.2 Å². The zero-order valence-corrected chi connectivity index (χ0v) is 12.8. The molecule has 1 saturated carbocycles. The Balaban J connectivity index is 2.11. The normalized spacial score (nSPS) is 17.9. The lowest BCUT2D eigenvalue weighted by atomic mass is 9.69. The molecule has 19 heavy (non-hydrogen) atoms. The van der Waals surface area contributed by atoms with Crippen molar-refractivity contribution < 1.29 is 0 Å². The quantitative estimate of drug-likeness (QED) is 0.863. The van der Waals surface area contributed by atoms with Crippen molar-refractivity contribution in [3.63, 3.8) is 0 Å². The predicted molar refractivity (Wildman–Crippen MR) is 83.7 cm³/mol. The molecule has 1 fully saturated rings. The van der Waals surface area contributed by atoms with Crippen LogP contribution in [0.5, 0.6) is 0 Å². The van der Waals surface area contributed by atoms with Crippen LogP contribution < -0.4 is 11.1 Å². The molecule has 0 unspecified atom stereocenters. The van der Waals surface area contributed by atoms with E-state index in [1.54, 1.807) is 0 Å². The van der Waals surface area contributed by atoms with Gasteiger partial charge >= 0.3 is 0 Å². The summed E-state index contributed by atoms with van der Waals surface area (Å²) in [6, 6.07) is 6.76. The first-order valence-electron chi connectivity index (χ1n) is 7.41. The molecular weight excluding hydrogens is 232 g/mol. The van der Waals surface area contributed by atoms with Gasteiger partial charge in [-0.05, 0) is 54.3 Å². The molecule has 3 N–H and O–H groups in total. The fourth-order valence-corrected chi connectivity index (χ4v) is 2.69. The molecule has 0 aromatic heterocycles. The molecule has 0 bridgehead atoms. The zero-order valence-electron chi connectivity index (χ0n) is 12.8. The van der Waals surface area contributed by atoms with Crippen molar-refractivity contribution in [1.82, 2.24) is 0 Å². The number of nitrogens with two attached hydrogens (primary N) is 1. The largest absolute Gasteiger partial charge is 0.384 e. The van der Waals surface area contributed by atoms with E-state index < -0.39 is 0 Å². The molecule has 0 heterocycles. The van der Waals surface area contributed by atoms with Crippen molar-refractivity contribution in [2.24, 2.45) is 11.1 Å². The zero-order chi connectivity index (χ0) is 14.1. The van der Waals surface area contributed by atoms with Crippen molar-refractivity contribution in [3.05, 3.63) is 29.3 Å². The molecule has 1 aromatic carbocycles. The Hall–Kier alpha value is -1.02. The molecule has 2 rings (SSSR count). The van der Waals surface area contributed by atoms with Gasteiger partial charge in [0.25, 0.3) is 0 Å². The fraction of sp³-hybridized carbons (Fsp3) is 0.647. The minimum Gasteiger partial charge on any atom is -0.384 e. The van der Waals surface area contributed by atoms with Crippen LogP contribution in [0.1, 0.15) is 51.2 Å². The third-order valence-electron chi connectivity index (χ3n) is 4.60. The lowest BCUT2D eigenvalue weighted by Crippen LogP contribution is -2.43. The summed E-state index contributed by atoms with van der Waals surface area (Å²) in [7, 11) is 0. The van der Waals surface area contributed by atoms with Gasteiger partial charge in [0.2, 0.25) is 0 Å². The van der Waals surface area contributed by atoms with Gasteiger partial charge < -0.3 is 11.1 Å². The molecule has 0 aliphatic heterocycles. The summed E-state index contributed by atoms with van der Waals surface area (Å²) in [5.74, 6) is 0. The van der Waals surface area contributed by atoms with E-state index in [0.29, 0.717) is 5.41 Å². The van der Waals surface area contributed by atoms with E-state index in [4.69, 9.17) is 5.73 Å². The van der Waals surface area contributed by atoms with E-state index in [1.165, 1.54) is 36.1 Å². The molecule has 1 aliphatic carbocycles. The molecule has 2 heteroatoms. The monoisotopic (exact) mass is 260 g/mol. The maximum atomic E-state index is 5.93. The highest BCUT2D eigenvalue weighted by Crippen LogP contribution is 2.40. The highest BCUT2D eigenvalue weighted by molar-refractivity contribution is 5.54. The second-order valence-corrected chi connectivity index (χ2v) is 7.19.